The molecule has 0 aliphatic heterocycles. The molecule has 0 atom stereocenters. The second-order valence-electron chi connectivity index (χ2n) is 4.28. The number of hydrogen-bond acceptors (Lipinski definition) is 4. The fourth-order valence-electron chi connectivity index (χ4n) is 1.90. The van der Waals surface area contributed by atoms with E-state index in [2.05, 4.69) is 28.2 Å². The summed E-state index contributed by atoms with van der Waals surface area (Å²) in [7, 11) is 0. The number of benzene rings is 1. The van der Waals surface area contributed by atoms with Gasteiger partial charge in [0, 0.05) is 0 Å². The van der Waals surface area contributed by atoms with Gasteiger partial charge in [0.15, 0.2) is 10.8 Å². The minimum absolute atomic E-state index is 0.674. The number of aromatic nitrogens is 1. The number of furan rings is 1. The third-order valence-corrected chi connectivity index (χ3v) is 3.91. The van der Waals surface area contributed by atoms with Gasteiger partial charge < -0.3 is 4.42 Å². The predicted molar refractivity (Wildman–Crippen MR) is 82.5 cm³/mol. The molecule has 0 unspecified atom stereocenters. The summed E-state index contributed by atoms with van der Waals surface area (Å²) in [6, 6.07) is 12.1. The molecule has 100 valence electrons. The summed E-state index contributed by atoms with van der Waals surface area (Å²) in [6.45, 7) is 3.19. The molecule has 0 fully saturated rings. The van der Waals surface area contributed by atoms with Gasteiger partial charge in [-0.15, -0.1) is 17.3 Å². The molecule has 0 bridgehead atoms. The summed E-state index contributed by atoms with van der Waals surface area (Å²) in [6.07, 6.45) is 0. The van der Waals surface area contributed by atoms with Gasteiger partial charge >= 0.3 is 0 Å². The highest BCUT2D eigenvalue weighted by Gasteiger charge is 2.09. The molecule has 1 aromatic carbocycles. The largest absolute Gasteiger partial charge is 0.457 e. The Morgan fingerprint density at radius 1 is 1.25 bits per heavy atom. The molecule has 0 saturated heterocycles. The van der Waals surface area contributed by atoms with E-state index in [1.807, 2.05) is 37.3 Å². The summed E-state index contributed by atoms with van der Waals surface area (Å²) < 4.78 is 6.99. The van der Waals surface area contributed by atoms with Crippen LogP contribution in [-0.2, 0) is 6.54 Å². The maximum Gasteiger partial charge on any atom is 0.163 e. The first-order valence-corrected chi connectivity index (χ1v) is 7.23. The van der Waals surface area contributed by atoms with Crippen LogP contribution in [0, 0.1) is 11.8 Å². The second kappa shape index (κ2) is 5.91. The third kappa shape index (κ3) is 2.74. The van der Waals surface area contributed by atoms with Gasteiger partial charge in [0.1, 0.15) is 5.76 Å². The highest BCUT2D eigenvalue weighted by Crippen LogP contribution is 2.30. The van der Waals surface area contributed by atoms with Crippen LogP contribution in [0.4, 0.5) is 0 Å². The molecule has 3 rings (SSSR count). The molecule has 0 saturated carbocycles. The Labute approximate surface area is 121 Å². The van der Waals surface area contributed by atoms with Gasteiger partial charge in [0.05, 0.1) is 23.3 Å². The van der Waals surface area contributed by atoms with Crippen LogP contribution in [0.25, 0.3) is 21.0 Å². The number of thiazole rings is 1. The van der Waals surface area contributed by atoms with E-state index in [1.165, 1.54) is 4.70 Å². The van der Waals surface area contributed by atoms with Crippen LogP contribution in [0.15, 0.2) is 40.8 Å². The Kier molecular flexibility index (Phi) is 3.82. The van der Waals surface area contributed by atoms with Gasteiger partial charge in [0.2, 0.25) is 0 Å². The number of hydrogen-bond donors (Lipinski definition) is 1. The first-order chi connectivity index (χ1) is 9.86. The molecule has 0 amide bonds. The lowest BCUT2D eigenvalue weighted by Gasteiger charge is -1.96. The van der Waals surface area contributed by atoms with E-state index in [9.17, 15) is 0 Å². The minimum atomic E-state index is 0.674. The monoisotopic (exact) mass is 282 g/mol. The molecule has 0 spiro atoms. The lowest BCUT2D eigenvalue weighted by molar-refractivity contribution is 0.502. The van der Waals surface area contributed by atoms with Gasteiger partial charge in [-0.05, 0) is 31.2 Å². The standard InChI is InChI=1S/C16H14N2OS/c1-2-3-10-17-11-12-8-9-14(19-12)16-18-13-6-4-5-7-15(13)20-16/h4-9,17H,10-11H2,1H3. The van der Waals surface area contributed by atoms with Crippen molar-refractivity contribution >= 4 is 21.6 Å². The first-order valence-electron chi connectivity index (χ1n) is 6.42. The molecule has 0 aliphatic rings. The molecule has 4 heteroatoms. The molecule has 3 aromatic rings. The van der Waals surface area contributed by atoms with Crippen LogP contribution in [0.1, 0.15) is 12.7 Å². The van der Waals surface area contributed by atoms with Gasteiger partial charge in [-0.3, -0.25) is 5.32 Å². The zero-order valence-electron chi connectivity index (χ0n) is 11.1. The van der Waals surface area contributed by atoms with Crippen LogP contribution in [0.3, 0.4) is 0 Å². The Morgan fingerprint density at radius 3 is 3.00 bits per heavy atom. The van der Waals surface area contributed by atoms with Crippen LogP contribution in [0.2, 0.25) is 0 Å². The third-order valence-electron chi connectivity index (χ3n) is 2.86. The molecule has 2 aromatic heterocycles. The van der Waals surface area contributed by atoms with E-state index in [1.54, 1.807) is 11.3 Å². The summed E-state index contributed by atoms with van der Waals surface area (Å²) in [4.78, 5) is 4.59. The lowest BCUT2D eigenvalue weighted by atomic mass is 10.3. The molecule has 20 heavy (non-hydrogen) atoms. The highest BCUT2D eigenvalue weighted by molar-refractivity contribution is 7.21. The van der Waals surface area contributed by atoms with Gasteiger partial charge in [-0.1, -0.05) is 18.1 Å². The Balaban J connectivity index is 1.76. The molecule has 0 radical (unpaired) electrons. The van der Waals surface area contributed by atoms with Crippen molar-refractivity contribution in [1.29, 1.82) is 0 Å². The van der Waals surface area contributed by atoms with Crippen molar-refractivity contribution in [2.45, 2.75) is 13.5 Å². The summed E-state index contributed by atoms with van der Waals surface area (Å²) in [5.41, 5.74) is 1.02. The highest BCUT2D eigenvalue weighted by atomic mass is 32.1. The number of rotatable bonds is 4. The Bertz CT molecular complexity index is 743. The molecule has 0 aliphatic carbocycles. The number of nitrogens with one attached hydrogen (secondary N) is 1. The van der Waals surface area contributed by atoms with Crippen molar-refractivity contribution in [3.63, 3.8) is 0 Å². The van der Waals surface area contributed by atoms with E-state index in [0.717, 1.165) is 22.0 Å². The number of fused-ring (bicyclic) bond motifs is 1. The lowest BCUT2D eigenvalue weighted by Crippen LogP contribution is -2.12. The summed E-state index contributed by atoms with van der Waals surface area (Å²) in [5.74, 6) is 7.53. The van der Waals surface area contributed by atoms with Crippen molar-refractivity contribution in [1.82, 2.24) is 10.3 Å². The maximum absolute atomic E-state index is 5.82. The van der Waals surface area contributed by atoms with Crippen molar-refractivity contribution in [2.75, 3.05) is 6.54 Å². The van der Waals surface area contributed by atoms with Crippen LogP contribution in [0.5, 0.6) is 0 Å². The number of para-hydroxylation sites is 1. The van der Waals surface area contributed by atoms with Crippen molar-refractivity contribution < 1.29 is 4.42 Å². The SMILES string of the molecule is CC#CCNCc1ccc(-c2nc3ccccc3s2)o1. The van der Waals surface area contributed by atoms with E-state index in [0.29, 0.717) is 13.1 Å². The fourth-order valence-corrected chi connectivity index (χ4v) is 2.83. The van der Waals surface area contributed by atoms with Gasteiger partial charge in [0.25, 0.3) is 0 Å². The normalized spacial score (nSPS) is 10.4. The second-order valence-corrected chi connectivity index (χ2v) is 5.31. The smallest absolute Gasteiger partial charge is 0.163 e. The molecular weight excluding hydrogens is 268 g/mol. The minimum Gasteiger partial charge on any atom is -0.457 e. The summed E-state index contributed by atoms with van der Waals surface area (Å²) in [5, 5.41) is 4.13. The fraction of sp³-hybridized carbons (Fsp3) is 0.188. The first kappa shape index (κ1) is 12.9. The molecule has 2 heterocycles. The zero-order valence-corrected chi connectivity index (χ0v) is 12.0. The van der Waals surface area contributed by atoms with Crippen LogP contribution < -0.4 is 5.32 Å². The quantitative estimate of drug-likeness (QED) is 0.586. The van der Waals surface area contributed by atoms with Crippen molar-refractivity contribution in [3.05, 3.63) is 42.2 Å². The predicted octanol–water partition coefficient (Wildman–Crippen LogP) is 3.67. The molecular formula is C16H14N2OS. The van der Waals surface area contributed by atoms with Crippen LogP contribution in [-0.4, -0.2) is 11.5 Å². The number of nitrogens with zero attached hydrogens (tertiary/aromatic N) is 1. The van der Waals surface area contributed by atoms with Crippen molar-refractivity contribution in [2.24, 2.45) is 0 Å². The Hall–Kier alpha value is -2.09. The van der Waals surface area contributed by atoms with E-state index in [4.69, 9.17) is 4.42 Å². The zero-order chi connectivity index (χ0) is 13.8. The maximum atomic E-state index is 5.82. The topological polar surface area (TPSA) is 38.1 Å². The average Bonchev–Trinajstić information content (AvgIpc) is 3.09. The van der Waals surface area contributed by atoms with Crippen molar-refractivity contribution in [3.8, 4) is 22.6 Å². The molecule has 1 N–H and O–H groups in total. The van der Waals surface area contributed by atoms with Gasteiger partial charge in [-0.25, -0.2) is 4.98 Å². The van der Waals surface area contributed by atoms with E-state index < -0.39 is 0 Å². The van der Waals surface area contributed by atoms with Crippen LogP contribution >= 0.6 is 11.3 Å². The summed E-state index contributed by atoms with van der Waals surface area (Å²) >= 11 is 1.65. The Morgan fingerprint density at radius 2 is 2.15 bits per heavy atom. The van der Waals surface area contributed by atoms with E-state index >= 15 is 0 Å². The van der Waals surface area contributed by atoms with E-state index in [-0.39, 0.29) is 0 Å². The molecule has 3 nitrogen and oxygen atoms in total. The van der Waals surface area contributed by atoms with Gasteiger partial charge in [-0.2, -0.15) is 0 Å². The average molecular weight is 282 g/mol.